The van der Waals surface area contributed by atoms with Crippen LogP contribution in [0.4, 0.5) is 0 Å². The van der Waals surface area contributed by atoms with E-state index >= 15 is 0 Å². The summed E-state index contributed by atoms with van der Waals surface area (Å²) < 4.78 is 2.32. The predicted molar refractivity (Wildman–Crippen MR) is 86.4 cm³/mol. The summed E-state index contributed by atoms with van der Waals surface area (Å²) >= 11 is 7.22. The van der Waals surface area contributed by atoms with Gasteiger partial charge in [-0.2, -0.15) is 0 Å². The van der Waals surface area contributed by atoms with Crippen molar-refractivity contribution in [3.05, 3.63) is 69.1 Å². The summed E-state index contributed by atoms with van der Waals surface area (Å²) in [5.74, 6) is 0.566. The third-order valence-corrected chi connectivity index (χ3v) is 5.50. The van der Waals surface area contributed by atoms with E-state index in [-0.39, 0.29) is 5.41 Å². The van der Waals surface area contributed by atoms with Crippen molar-refractivity contribution in [1.82, 2.24) is 0 Å². The lowest BCUT2D eigenvalue weighted by Crippen LogP contribution is -2.07. The molecule has 2 aromatic carbocycles. The molecule has 1 atom stereocenters. The first-order valence-electron chi connectivity index (χ1n) is 6.40. The van der Waals surface area contributed by atoms with Gasteiger partial charge in [-0.3, -0.25) is 0 Å². The Morgan fingerprint density at radius 1 is 1.00 bits per heavy atom. The molecule has 0 amide bonds. The number of fused-ring (bicyclic) bond motifs is 5. The average molecular weight is 376 g/mol. The minimum absolute atomic E-state index is 0.181. The van der Waals surface area contributed by atoms with Crippen LogP contribution in [0.15, 0.2) is 58.0 Å². The molecule has 19 heavy (non-hydrogen) atoms. The van der Waals surface area contributed by atoms with Crippen LogP contribution in [0.25, 0.3) is 11.1 Å². The Morgan fingerprint density at radius 3 is 1.95 bits per heavy atom. The fraction of sp³-hybridized carbons (Fsp3) is 0.176. The highest BCUT2D eigenvalue weighted by Gasteiger charge is 2.59. The monoisotopic (exact) mass is 374 g/mol. The maximum atomic E-state index is 4.01. The summed E-state index contributed by atoms with van der Waals surface area (Å²) in [5, 5.41) is 0. The van der Waals surface area contributed by atoms with Crippen LogP contribution in [0.1, 0.15) is 17.5 Å². The van der Waals surface area contributed by atoms with E-state index in [1.54, 1.807) is 0 Å². The SMILES string of the molecule is C=C[C@@H]1CC12c1cc(Br)ccc1-c1ccc(Br)cc12. The van der Waals surface area contributed by atoms with E-state index in [0.717, 1.165) is 8.95 Å². The summed E-state index contributed by atoms with van der Waals surface area (Å²) in [7, 11) is 0. The van der Waals surface area contributed by atoms with E-state index < -0.39 is 0 Å². The maximum absolute atomic E-state index is 4.01. The second-order valence-corrected chi connectivity index (χ2v) is 7.23. The van der Waals surface area contributed by atoms with Crippen molar-refractivity contribution in [2.75, 3.05) is 0 Å². The summed E-state index contributed by atoms with van der Waals surface area (Å²) in [6.45, 7) is 4.01. The molecule has 0 unspecified atom stereocenters. The highest BCUT2D eigenvalue weighted by atomic mass is 79.9. The van der Waals surface area contributed by atoms with E-state index in [1.807, 2.05) is 0 Å². The molecule has 0 aliphatic heterocycles. The molecule has 2 aromatic rings. The molecule has 2 aliphatic rings. The molecule has 0 N–H and O–H groups in total. The Morgan fingerprint density at radius 2 is 1.53 bits per heavy atom. The van der Waals surface area contributed by atoms with Crippen LogP contribution in [-0.4, -0.2) is 0 Å². The molecular formula is C17H12Br2. The standard InChI is InChI=1S/C17H12Br2/c1-2-10-9-17(10)15-7-11(18)3-5-13(15)14-6-4-12(19)8-16(14)17/h2-8,10H,1,9H2/t10-/m1/s1. The largest absolute Gasteiger partial charge is 0.103 e. The lowest BCUT2D eigenvalue weighted by atomic mass is 9.91. The van der Waals surface area contributed by atoms with Crippen molar-refractivity contribution in [3.63, 3.8) is 0 Å². The van der Waals surface area contributed by atoms with Gasteiger partial charge in [0, 0.05) is 14.4 Å². The number of allylic oxidation sites excluding steroid dienone is 1. The van der Waals surface area contributed by atoms with Crippen molar-refractivity contribution < 1.29 is 0 Å². The van der Waals surface area contributed by atoms with Crippen molar-refractivity contribution in [3.8, 4) is 11.1 Å². The third-order valence-electron chi connectivity index (χ3n) is 4.51. The minimum Gasteiger partial charge on any atom is -0.103 e. The highest BCUT2D eigenvalue weighted by Crippen LogP contribution is 2.67. The van der Waals surface area contributed by atoms with Gasteiger partial charge in [-0.25, -0.2) is 0 Å². The first kappa shape index (κ1) is 11.9. The second-order valence-electron chi connectivity index (χ2n) is 5.40. The van der Waals surface area contributed by atoms with Crippen LogP contribution < -0.4 is 0 Å². The van der Waals surface area contributed by atoms with Crippen LogP contribution in [0.3, 0.4) is 0 Å². The van der Waals surface area contributed by atoms with Crippen molar-refractivity contribution in [2.24, 2.45) is 5.92 Å². The quantitative estimate of drug-likeness (QED) is 0.562. The molecule has 94 valence electrons. The molecule has 0 saturated heterocycles. The Labute approximate surface area is 129 Å². The van der Waals surface area contributed by atoms with Crippen LogP contribution in [-0.2, 0) is 5.41 Å². The molecule has 0 bridgehead atoms. The first-order chi connectivity index (χ1) is 9.16. The Hall–Kier alpha value is -0.860. The first-order valence-corrected chi connectivity index (χ1v) is 7.98. The zero-order chi connectivity index (χ0) is 13.2. The van der Waals surface area contributed by atoms with Gasteiger partial charge in [0.25, 0.3) is 0 Å². The van der Waals surface area contributed by atoms with Gasteiger partial charge in [-0.1, -0.05) is 50.1 Å². The predicted octanol–water partition coefficient (Wildman–Crippen LogP) is 5.68. The lowest BCUT2D eigenvalue weighted by Gasteiger charge is -2.13. The Bertz CT molecular complexity index is 664. The topological polar surface area (TPSA) is 0 Å². The molecule has 1 saturated carbocycles. The van der Waals surface area contributed by atoms with Gasteiger partial charge in [0.2, 0.25) is 0 Å². The van der Waals surface area contributed by atoms with E-state index in [2.05, 4.69) is 80.9 Å². The van der Waals surface area contributed by atoms with E-state index in [4.69, 9.17) is 0 Å². The van der Waals surface area contributed by atoms with Crippen molar-refractivity contribution in [1.29, 1.82) is 0 Å². The smallest absolute Gasteiger partial charge is 0.0284 e. The second kappa shape index (κ2) is 3.83. The number of hydrogen-bond acceptors (Lipinski definition) is 0. The molecular weight excluding hydrogens is 364 g/mol. The van der Waals surface area contributed by atoms with Gasteiger partial charge in [-0.15, -0.1) is 6.58 Å². The third kappa shape index (κ3) is 1.45. The van der Waals surface area contributed by atoms with E-state index in [0.29, 0.717) is 5.92 Å². The molecule has 2 aliphatic carbocycles. The van der Waals surface area contributed by atoms with Gasteiger partial charge in [0.1, 0.15) is 0 Å². The highest BCUT2D eigenvalue weighted by molar-refractivity contribution is 9.10. The fourth-order valence-electron chi connectivity index (χ4n) is 3.58. The summed E-state index contributed by atoms with van der Waals surface area (Å²) in [6.07, 6.45) is 3.30. The van der Waals surface area contributed by atoms with Crippen molar-refractivity contribution in [2.45, 2.75) is 11.8 Å². The van der Waals surface area contributed by atoms with Crippen molar-refractivity contribution >= 4 is 31.9 Å². The van der Waals surface area contributed by atoms with Gasteiger partial charge < -0.3 is 0 Å². The lowest BCUT2D eigenvalue weighted by molar-refractivity contribution is 0.815. The van der Waals surface area contributed by atoms with E-state index in [1.165, 1.54) is 28.7 Å². The summed E-state index contributed by atoms with van der Waals surface area (Å²) in [4.78, 5) is 0. The number of rotatable bonds is 1. The summed E-state index contributed by atoms with van der Waals surface area (Å²) in [6, 6.07) is 13.3. The normalized spacial score (nSPS) is 21.1. The molecule has 0 heterocycles. The van der Waals surface area contributed by atoms with Gasteiger partial charge in [0.05, 0.1) is 0 Å². The zero-order valence-corrected chi connectivity index (χ0v) is 13.5. The molecule has 0 nitrogen and oxygen atoms in total. The van der Waals surface area contributed by atoms with E-state index in [9.17, 15) is 0 Å². The maximum Gasteiger partial charge on any atom is 0.0284 e. The molecule has 0 aromatic heterocycles. The van der Waals surface area contributed by atoms with Crippen LogP contribution in [0.5, 0.6) is 0 Å². The molecule has 1 spiro atoms. The Kier molecular flexibility index (Phi) is 2.40. The summed E-state index contributed by atoms with van der Waals surface area (Å²) in [5.41, 5.74) is 5.87. The minimum atomic E-state index is 0.181. The van der Waals surface area contributed by atoms with Crippen LogP contribution in [0.2, 0.25) is 0 Å². The molecule has 1 fully saturated rings. The Balaban J connectivity index is 2.06. The van der Waals surface area contributed by atoms with Crippen LogP contribution in [0, 0.1) is 5.92 Å². The van der Waals surface area contributed by atoms with Gasteiger partial charge >= 0.3 is 0 Å². The average Bonchev–Trinajstić information content (AvgIpc) is 3.08. The zero-order valence-electron chi connectivity index (χ0n) is 10.3. The molecule has 4 rings (SSSR count). The molecule has 2 heteroatoms. The fourth-order valence-corrected chi connectivity index (χ4v) is 4.30. The van der Waals surface area contributed by atoms with Gasteiger partial charge in [0.15, 0.2) is 0 Å². The number of benzene rings is 2. The van der Waals surface area contributed by atoms with Gasteiger partial charge in [-0.05, 0) is 58.9 Å². The molecule has 0 radical (unpaired) electrons. The van der Waals surface area contributed by atoms with Crippen LogP contribution >= 0.6 is 31.9 Å². The number of halogens is 2. The number of hydrogen-bond donors (Lipinski definition) is 0.